The minimum Gasteiger partial charge on any atom is -0.351 e. The number of rotatable bonds is 4. The molecule has 1 aromatic carbocycles. The third kappa shape index (κ3) is 2.80. The Hall–Kier alpha value is -3.35. The summed E-state index contributed by atoms with van der Waals surface area (Å²) in [6.07, 6.45) is 1.67. The van der Waals surface area contributed by atoms with Gasteiger partial charge in [-0.2, -0.15) is 0 Å². The van der Waals surface area contributed by atoms with Gasteiger partial charge in [0.05, 0.1) is 6.54 Å². The number of pyridine rings is 1. The molecule has 126 valence electrons. The molecule has 0 fully saturated rings. The van der Waals surface area contributed by atoms with Gasteiger partial charge in [0.2, 0.25) is 0 Å². The Bertz CT molecular complexity index is 1140. The second-order valence-electron chi connectivity index (χ2n) is 5.96. The van der Waals surface area contributed by atoms with E-state index in [-0.39, 0.29) is 11.6 Å². The molecule has 0 unspecified atom stereocenters. The largest absolute Gasteiger partial charge is 0.351 e. The molecule has 3 heterocycles. The minimum absolute atomic E-state index is 0.203. The van der Waals surface area contributed by atoms with Gasteiger partial charge in [0.1, 0.15) is 5.69 Å². The molecule has 4 aromatic rings. The molecule has 0 atom stereocenters. The van der Waals surface area contributed by atoms with Gasteiger partial charge in [-0.25, -0.2) is 9.48 Å². The van der Waals surface area contributed by atoms with Crippen molar-refractivity contribution in [2.45, 2.75) is 13.5 Å². The lowest BCUT2D eigenvalue weighted by atomic mass is 10.2. The molecule has 0 aliphatic carbocycles. The number of aromatic nitrogens is 4. The summed E-state index contributed by atoms with van der Waals surface area (Å²) in [4.78, 5) is 27.6. The second-order valence-corrected chi connectivity index (χ2v) is 5.96. The van der Waals surface area contributed by atoms with Crippen LogP contribution in [0.5, 0.6) is 0 Å². The van der Waals surface area contributed by atoms with Crippen molar-refractivity contribution in [3.63, 3.8) is 0 Å². The summed E-state index contributed by atoms with van der Waals surface area (Å²) < 4.78 is 2.83. The third-order valence-electron chi connectivity index (χ3n) is 4.12. The molecule has 0 saturated heterocycles. The fraction of sp³-hybridized carbons (Fsp3) is 0.167. The molecule has 0 bridgehead atoms. The fourth-order valence-electron chi connectivity index (χ4n) is 2.85. The molecule has 7 nitrogen and oxygen atoms in total. The lowest BCUT2D eigenvalue weighted by Gasteiger charge is -2.02. The van der Waals surface area contributed by atoms with Gasteiger partial charge in [-0.3, -0.25) is 9.20 Å². The first-order valence-electron chi connectivity index (χ1n) is 8.03. The van der Waals surface area contributed by atoms with Crippen LogP contribution in [0.25, 0.3) is 16.6 Å². The number of fused-ring (bicyclic) bond motifs is 2. The predicted molar refractivity (Wildman–Crippen MR) is 94.8 cm³/mol. The van der Waals surface area contributed by atoms with Crippen molar-refractivity contribution in [2.75, 3.05) is 6.54 Å². The highest BCUT2D eigenvalue weighted by Crippen LogP contribution is 2.16. The Kier molecular flexibility index (Phi) is 3.61. The van der Waals surface area contributed by atoms with Gasteiger partial charge in [-0.1, -0.05) is 18.2 Å². The molecule has 0 saturated carbocycles. The molecule has 0 aliphatic heterocycles. The van der Waals surface area contributed by atoms with E-state index in [0.29, 0.717) is 24.4 Å². The van der Waals surface area contributed by atoms with Crippen LogP contribution < -0.4 is 11.0 Å². The maximum absolute atomic E-state index is 12.3. The monoisotopic (exact) mass is 335 g/mol. The van der Waals surface area contributed by atoms with Crippen molar-refractivity contribution in [1.82, 2.24) is 24.5 Å². The zero-order chi connectivity index (χ0) is 17.4. The van der Waals surface area contributed by atoms with Crippen LogP contribution in [-0.2, 0) is 6.54 Å². The summed E-state index contributed by atoms with van der Waals surface area (Å²) in [6, 6.07) is 13.2. The van der Waals surface area contributed by atoms with E-state index in [1.54, 1.807) is 18.3 Å². The number of amides is 1. The molecule has 1 amide bonds. The van der Waals surface area contributed by atoms with Gasteiger partial charge in [0, 0.05) is 23.6 Å². The Morgan fingerprint density at radius 2 is 2.12 bits per heavy atom. The van der Waals surface area contributed by atoms with E-state index in [1.165, 1.54) is 9.08 Å². The number of carbonyl (C=O) groups is 1. The van der Waals surface area contributed by atoms with Gasteiger partial charge in [-0.05, 0) is 36.8 Å². The van der Waals surface area contributed by atoms with Crippen molar-refractivity contribution in [2.24, 2.45) is 0 Å². The van der Waals surface area contributed by atoms with Crippen molar-refractivity contribution in [1.29, 1.82) is 0 Å². The molecular formula is C18H17N5O2. The van der Waals surface area contributed by atoms with Gasteiger partial charge in [-0.15, -0.1) is 5.10 Å². The number of hydrogen-bond donors (Lipinski definition) is 2. The van der Waals surface area contributed by atoms with E-state index in [1.807, 2.05) is 37.3 Å². The van der Waals surface area contributed by atoms with Crippen LogP contribution in [0, 0.1) is 6.92 Å². The normalized spacial score (nSPS) is 11.2. The smallest absolute Gasteiger partial charge is 0.350 e. The number of aryl methyl sites for hydroxylation is 1. The molecule has 0 radical (unpaired) electrons. The summed E-state index contributed by atoms with van der Waals surface area (Å²) in [5, 5.41) is 8.04. The van der Waals surface area contributed by atoms with Gasteiger partial charge in [0.25, 0.3) is 5.91 Å². The topological polar surface area (TPSA) is 84.2 Å². The van der Waals surface area contributed by atoms with Crippen LogP contribution in [0.3, 0.4) is 0 Å². The molecular weight excluding hydrogens is 318 g/mol. The van der Waals surface area contributed by atoms with Crippen molar-refractivity contribution in [3.05, 3.63) is 70.4 Å². The average Bonchev–Trinajstić information content (AvgIpc) is 3.16. The van der Waals surface area contributed by atoms with Crippen molar-refractivity contribution in [3.8, 4) is 0 Å². The molecule has 4 rings (SSSR count). The fourth-order valence-corrected chi connectivity index (χ4v) is 2.85. The number of aromatic amines is 1. The van der Waals surface area contributed by atoms with Gasteiger partial charge < -0.3 is 10.3 Å². The van der Waals surface area contributed by atoms with E-state index in [9.17, 15) is 9.59 Å². The number of nitrogens with zero attached hydrogens (tertiary/aromatic N) is 3. The van der Waals surface area contributed by atoms with E-state index in [0.717, 1.165) is 16.5 Å². The van der Waals surface area contributed by atoms with E-state index in [2.05, 4.69) is 15.4 Å². The lowest BCUT2D eigenvalue weighted by molar-refractivity contribution is 0.0947. The highest BCUT2D eigenvalue weighted by molar-refractivity contribution is 5.98. The second kappa shape index (κ2) is 5.94. The highest BCUT2D eigenvalue weighted by Gasteiger charge is 2.10. The number of hydrogen-bond acceptors (Lipinski definition) is 3. The summed E-state index contributed by atoms with van der Waals surface area (Å²) >= 11 is 0. The zero-order valence-electron chi connectivity index (χ0n) is 13.7. The highest BCUT2D eigenvalue weighted by atomic mass is 16.2. The Labute approximate surface area is 142 Å². The van der Waals surface area contributed by atoms with Gasteiger partial charge >= 0.3 is 5.69 Å². The maximum atomic E-state index is 12.3. The Morgan fingerprint density at radius 1 is 1.24 bits per heavy atom. The van der Waals surface area contributed by atoms with Crippen LogP contribution in [0.15, 0.2) is 53.5 Å². The van der Waals surface area contributed by atoms with Crippen LogP contribution in [0.2, 0.25) is 0 Å². The molecule has 0 aliphatic rings. The van der Waals surface area contributed by atoms with Gasteiger partial charge in [0.15, 0.2) is 5.65 Å². The minimum atomic E-state index is -0.217. The molecule has 25 heavy (non-hydrogen) atoms. The first kappa shape index (κ1) is 15.2. The quantitative estimate of drug-likeness (QED) is 0.595. The van der Waals surface area contributed by atoms with Crippen LogP contribution in [0.4, 0.5) is 0 Å². The van der Waals surface area contributed by atoms with Crippen molar-refractivity contribution < 1.29 is 4.79 Å². The number of nitrogens with one attached hydrogen (secondary N) is 2. The molecule has 2 N–H and O–H groups in total. The first-order valence-corrected chi connectivity index (χ1v) is 8.03. The van der Waals surface area contributed by atoms with Crippen LogP contribution in [0.1, 0.15) is 16.1 Å². The van der Waals surface area contributed by atoms with Crippen LogP contribution in [-0.4, -0.2) is 31.6 Å². The lowest BCUT2D eigenvalue weighted by Crippen LogP contribution is -2.31. The maximum Gasteiger partial charge on any atom is 0.350 e. The molecule has 3 aromatic heterocycles. The number of carbonyl (C=O) groups excluding carboxylic acids is 1. The average molecular weight is 335 g/mol. The number of benzene rings is 1. The van der Waals surface area contributed by atoms with Crippen molar-refractivity contribution >= 4 is 22.5 Å². The summed E-state index contributed by atoms with van der Waals surface area (Å²) in [6.45, 7) is 2.63. The summed E-state index contributed by atoms with van der Waals surface area (Å²) in [7, 11) is 0. The Morgan fingerprint density at radius 3 is 2.96 bits per heavy atom. The van der Waals surface area contributed by atoms with E-state index in [4.69, 9.17) is 0 Å². The zero-order valence-corrected chi connectivity index (χ0v) is 13.7. The summed E-state index contributed by atoms with van der Waals surface area (Å²) in [5.74, 6) is -0.203. The standard InChI is InChI=1S/C18H17N5O2/c1-12-5-6-13-11-15(20-14(13)10-12)17(24)19-7-9-23-18(25)22-8-3-2-4-16(22)21-23/h2-6,8,10-11,20H,7,9H2,1H3,(H,19,24). The summed E-state index contributed by atoms with van der Waals surface area (Å²) in [5.41, 5.74) is 2.94. The number of H-pyrrole nitrogens is 1. The Balaban J connectivity index is 1.45. The van der Waals surface area contributed by atoms with E-state index >= 15 is 0 Å². The third-order valence-corrected chi connectivity index (χ3v) is 4.12. The SMILES string of the molecule is Cc1ccc2cc(C(=O)NCCn3nc4ccccn4c3=O)[nH]c2c1. The van der Waals surface area contributed by atoms with Crippen LogP contribution >= 0.6 is 0 Å². The molecule has 0 spiro atoms. The molecule has 7 heteroatoms. The van der Waals surface area contributed by atoms with E-state index < -0.39 is 0 Å². The first-order chi connectivity index (χ1) is 12.1. The predicted octanol–water partition coefficient (Wildman–Crippen LogP) is 1.72.